The molecule has 5 atom stereocenters. The first-order valence-electron chi connectivity index (χ1n) is 12.7. The highest BCUT2D eigenvalue weighted by Gasteiger charge is 2.47. The molecule has 2 aromatic rings. The van der Waals surface area contributed by atoms with Crippen molar-refractivity contribution in [1.82, 2.24) is 0 Å². The van der Waals surface area contributed by atoms with Crippen LogP contribution in [-0.2, 0) is 41.6 Å². The quantitative estimate of drug-likeness (QED) is 0.292. The smallest absolute Gasteiger partial charge is 0.303 e. The van der Waals surface area contributed by atoms with E-state index in [1.807, 2.05) is 56.3 Å². The fraction of sp³-hybridized carbons (Fsp3) is 0.517. The Balaban J connectivity index is 1.46. The summed E-state index contributed by atoms with van der Waals surface area (Å²) in [6, 6.07) is 18.2. The number of hydrogen-bond donors (Lipinski definition) is 0. The number of esters is 2. The predicted molar refractivity (Wildman–Crippen MR) is 135 cm³/mol. The second-order valence-electron chi connectivity index (χ2n) is 9.20. The summed E-state index contributed by atoms with van der Waals surface area (Å²) in [6.45, 7) is 7.62. The number of carbonyl (C=O) groups excluding carboxylic acids is 2. The van der Waals surface area contributed by atoms with Gasteiger partial charge in [-0.05, 0) is 48.9 Å². The maximum Gasteiger partial charge on any atom is 0.303 e. The van der Waals surface area contributed by atoms with Crippen LogP contribution >= 0.6 is 0 Å². The summed E-state index contributed by atoms with van der Waals surface area (Å²) in [5.74, 6) is -0.162. The summed E-state index contributed by atoms with van der Waals surface area (Å²) < 4.78 is 29.0. The van der Waals surface area contributed by atoms with Gasteiger partial charge < -0.3 is 23.7 Å². The molecule has 0 aromatic heterocycles. The number of benzene rings is 2. The Morgan fingerprint density at radius 3 is 2.17 bits per heavy atom. The molecule has 0 amide bonds. The van der Waals surface area contributed by atoms with E-state index >= 15 is 0 Å². The molecule has 2 aromatic carbocycles. The van der Waals surface area contributed by atoms with Crippen LogP contribution in [0.2, 0.25) is 0 Å². The maximum atomic E-state index is 11.7. The zero-order valence-corrected chi connectivity index (χ0v) is 21.7. The van der Waals surface area contributed by atoms with Crippen LogP contribution in [0.5, 0.6) is 5.75 Å². The zero-order chi connectivity index (χ0) is 25.9. The maximum absolute atomic E-state index is 11.7. The molecule has 196 valence electrons. The first kappa shape index (κ1) is 27.7. The highest BCUT2D eigenvalue weighted by atomic mass is 16.7. The monoisotopic (exact) mass is 498 g/mol. The molecule has 0 unspecified atom stereocenters. The lowest BCUT2D eigenvalue weighted by atomic mass is 9.89. The molecule has 0 saturated carbocycles. The van der Waals surface area contributed by atoms with Gasteiger partial charge in [-0.1, -0.05) is 56.3 Å². The molecule has 7 nitrogen and oxygen atoms in total. The number of rotatable bonds is 12. The number of ether oxygens (including phenoxy) is 5. The van der Waals surface area contributed by atoms with Gasteiger partial charge in [0, 0.05) is 26.4 Å². The largest absolute Gasteiger partial charge is 0.489 e. The third kappa shape index (κ3) is 8.35. The van der Waals surface area contributed by atoms with Crippen LogP contribution in [0.25, 0.3) is 0 Å². The molecule has 0 N–H and O–H groups in total. The lowest BCUT2D eigenvalue weighted by Gasteiger charge is -2.43. The second kappa shape index (κ2) is 14.0. The Labute approximate surface area is 214 Å². The van der Waals surface area contributed by atoms with Crippen molar-refractivity contribution in [2.75, 3.05) is 6.61 Å². The molecule has 0 bridgehead atoms. The molecule has 0 aliphatic carbocycles. The Morgan fingerprint density at radius 2 is 1.53 bits per heavy atom. The number of unbranched alkanes of at least 4 members (excludes halogenated alkanes) is 1. The van der Waals surface area contributed by atoms with E-state index in [-0.39, 0.29) is 12.0 Å². The molecule has 1 fully saturated rings. The van der Waals surface area contributed by atoms with Crippen LogP contribution < -0.4 is 4.74 Å². The fourth-order valence-corrected chi connectivity index (χ4v) is 4.45. The van der Waals surface area contributed by atoms with E-state index in [0.717, 1.165) is 37.0 Å². The topological polar surface area (TPSA) is 80.3 Å². The van der Waals surface area contributed by atoms with E-state index in [2.05, 4.69) is 12.1 Å². The summed E-state index contributed by atoms with van der Waals surface area (Å²) >= 11 is 0. The first-order chi connectivity index (χ1) is 17.4. The number of carbonyl (C=O) groups is 2. The Hall–Kier alpha value is -2.90. The van der Waals surface area contributed by atoms with E-state index < -0.39 is 30.4 Å². The third-order valence-corrected chi connectivity index (χ3v) is 6.33. The van der Waals surface area contributed by atoms with Crippen molar-refractivity contribution in [3.63, 3.8) is 0 Å². The molecular formula is C29H38O7. The molecule has 7 heteroatoms. The minimum Gasteiger partial charge on any atom is -0.489 e. The van der Waals surface area contributed by atoms with Crippen molar-refractivity contribution in [2.24, 2.45) is 5.92 Å². The van der Waals surface area contributed by atoms with E-state index in [9.17, 15) is 9.59 Å². The minimum atomic E-state index is -0.798. The molecule has 1 aliphatic heterocycles. The SMILES string of the molecule is CC[C@H]1O[C@@H](OCCCCc2ccc(OCc3ccccc3)cc2)[C@H](OC(C)=O)[C@@H](OC(C)=O)[C@@H]1C. The summed E-state index contributed by atoms with van der Waals surface area (Å²) in [5.41, 5.74) is 2.36. The Kier molecular flexibility index (Phi) is 10.8. The van der Waals surface area contributed by atoms with Gasteiger partial charge >= 0.3 is 11.9 Å². The van der Waals surface area contributed by atoms with Gasteiger partial charge in [-0.15, -0.1) is 0 Å². The van der Waals surface area contributed by atoms with Gasteiger partial charge in [-0.2, -0.15) is 0 Å². The van der Waals surface area contributed by atoms with Gasteiger partial charge in [-0.3, -0.25) is 9.59 Å². The predicted octanol–water partition coefficient (Wildman–Crippen LogP) is 5.24. The molecule has 3 rings (SSSR count). The van der Waals surface area contributed by atoms with Gasteiger partial charge in [-0.25, -0.2) is 0 Å². The van der Waals surface area contributed by atoms with E-state index in [4.69, 9.17) is 23.7 Å². The molecule has 1 heterocycles. The average molecular weight is 499 g/mol. The van der Waals surface area contributed by atoms with Crippen molar-refractivity contribution >= 4 is 11.9 Å². The summed E-state index contributed by atoms with van der Waals surface area (Å²) in [7, 11) is 0. The van der Waals surface area contributed by atoms with Crippen LogP contribution in [0.1, 0.15) is 58.1 Å². The normalized spacial score (nSPS) is 23.6. The Bertz CT molecular complexity index is 944. The van der Waals surface area contributed by atoms with E-state index in [0.29, 0.717) is 13.2 Å². The van der Waals surface area contributed by atoms with Gasteiger partial charge in [0.05, 0.1) is 6.10 Å². The van der Waals surface area contributed by atoms with Crippen LogP contribution in [0, 0.1) is 5.92 Å². The lowest BCUT2D eigenvalue weighted by molar-refractivity contribution is -0.290. The van der Waals surface area contributed by atoms with Crippen LogP contribution in [0.3, 0.4) is 0 Å². The van der Waals surface area contributed by atoms with Crippen molar-refractivity contribution in [1.29, 1.82) is 0 Å². The van der Waals surface area contributed by atoms with E-state index in [1.54, 1.807) is 0 Å². The van der Waals surface area contributed by atoms with Crippen molar-refractivity contribution < 1.29 is 33.3 Å². The van der Waals surface area contributed by atoms with Crippen LogP contribution in [0.15, 0.2) is 54.6 Å². The number of aryl methyl sites for hydroxylation is 1. The molecule has 1 saturated heterocycles. The van der Waals surface area contributed by atoms with Crippen LogP contribution in [-0.4, -0.2) is 43.1 Å². The fourth-order valence-electron chi connectivity index (χ4n) is 4.45. The summed E-state index contributed by atoms with van der Waals surface area (Å²) in [4.78, 5) is 23.4. The Morgan fingerprint density at radius 1 is 0.861 bits per heavy atom. The molecule has 0 spiro atoms. The standard InChI is InChI=1S/C29H38O7/c1-5-26-20(2)27(34-21(3)30)28(35-22(4)31)29(36-26)32-18-10-9-11-23-14-16-25(17-15-23)33-19-24-12-7-6-8-13-24/h6-8,12-17,20,26-29H,5,9-11,18-19H2,1-4H3/t20-,26-,27+,28-,29-/m1/s1. The molecule has 36 heavy (non-hydrogen) atoms. The molecule has 1 aliphatic rings. The molecular weight excluding hydrogens is 460 g/mol. The lowest BCUT2D eigenvalue weighted by Crippen LogP contribution is -2.57. The summed E-state index contributed by atoms with van der Waals surface area (Å²) in [6.07, 6.45) is 1.03. The number of hydrogen-bond acceptors (Lipinski definition) is 7. The van der Waals surface area contributed by atoms with Gasteiger partial charge in [0.15, 0.2) is 12.4 Å². The van der Waals surface area contributed by atoms with Gasteiger partial charge in [0.1, 0.15) is 18.5 Å². The van der Waals surface area contributed by atoms with E-state index in [1.165, 1.54) is 19.4 Å². The van der Waals surface area contributed by atoms with Crippen molar-refractivity contribution in [3.8, 4) is 5.75 Å². The zero-order valence-electron chi connectivity index (χ0n) is 21.7. The highest BCUT2D eigenvalue weighted by molar-refractivity contribution is 5.67. The van der Waals surface area contributed by atoms with Crippen molar-refractivity contribution in [2.45, 2.75) is 84.6 Å². The molecule has 0 radical (unpaired) electrons. The van der Waals surface area contributed by atoms with Crippen molar-refractivity contribution in [3.05, 3.63) is 65.7 Å². The van der Waals surface area contributed by atoms with Gasteiger partial charge in [0.2, 0.25) is 0 Å². The minimum absolute atomic E-state index is 0.122. The van der Waals surface area contributed by atoms with Gasteiger partial charge in [0.25, 0.3) is 0 Å². The first-order valence-corrected chi connectivity index (χ1v) is 12.7. The summed E-state index contributed by atoms with van der Waals surface area (Å²) in [5, 5.41) is 0. The average Bonchev–Trinajstić information content (AvgIpc) is 2.86. The third-order valence-electron chi connectivity index (χ3n) is 6.33. The van der Waals surface area contributed by atoms with Crippen LogP contribution in [0.4, 0.5) is 0 Å². The second-order valence-corrected chi connectivity index (χ2v) is 9.20. The highest BCUT2D eigenvalue weighted by Crippen LogP contribution is 2.32.